The van der Waals surface area contributed by atoms with Gasteiger partial charge in [0, 0.05) is 12.6 Å². The second kappa shape index (κ2) is 9.89. The first-order chi connectivity index (χ1) is 14.7. The van der Waals surface area contributed by atoms with Crippen molar-refractivity contribution in [1.82, 2.24) is 4.90 Å². The van der Waals surface area contributed by atoms with Crippen LogP contribution in [0.15, 0.2) is 41.3 Å². The Morgan fingerprint density at radius 3 is 2.61 bits per heavy atom. The molecule has 1 atom stereocenters. The Labute approximate surface area is 188 Å². The van der Waals surface area contributed by atoms with E-state index in [1.807, 2.05) is 6.92 Å². The van der Waals surface area contributed by atoms with Crippen molar-refractivity contribution in [2.24, 2.45) is 0 Å². The molecule has 0 spiro atoms. The van der Waals surface area contributed by atoms with Gasteiger partial charge in [0.15, 0.2) is 0 Å². The van der Waals surface area contributed by atoms with Crippen molar-refractivity contribution in [2.45, 2.75) is 43.5 Å². The van der Waals surface area contributed by atoms with Crippen LogP contribution in [0.2, 0.25) is 5.02 Å². The Morgan fingerprint density at radius 1 is 1.23 bits per heavy atom. The minimum Gasteiger partial charge on any atom is -0.478 e. The number of hydrogen-bond acceptors (Lipinski definition) is 5. The van der Waals surface area contributed by atoms with Crippen LogP contribution < -0.4 is 10.0 Å². The Kier molecular flexibility index (Phi) is 7.46. The molecule has 1 heterocycles. The van der Waals surface area contributed by atoms with E-state index in [9.17, 15) is 18.3 Å². The molecular weight excluding hydrogens is 438 g/mol. The summed E-state index contributed by atoms with van der Waals surface area (Å²) in [5.41, 5.74) is 0.807. The topological polar surface area (TPSA) is 98.7 Å². The minimum absolute atomic E-state index is 0.0438. The molecule has 2 aromatic carbocycles. The lowest BCUT2D eigenvalue weighted by Gasteiger charge is -2.20. The molecule has 1 aliphatic rings. The van der Waals surface area contributed by atoms with Crippen LogP contribution in [0.4, 0.5) is 11.4 Å². The Bertz CT molecular complexity index is 1060. The lowest BCUT2D eigenvalue weighted by atomic mass is 10.1. The zero-order chi connectivity index (χ0) is 22.6. The summed E-state index contributed by atoms with van der Waals surface area (Å²) < 4.78 is 28.7. The number of sulfonamides is 1. The number of nitrogens with one attached hydrogen (secondary N) is 2. The number of carboxylic acid groups (broad SMARTS) is 1. The lowest BCUT2D eigenvalue weighted by molar-refractivity contribution is 0.0698. The van der Waals surface area contributed by atoms with E-state index in [4.69, 9.17) is 11.6 Å². The van der Waals surface area contributed by atoms with Gasteiger partial charge in [-0.1, -0.05) is 36.7 Å². The first-order valence-electron chi connectivity index (χ1n) is 10.3. The van der Waals surface area contributed by atoms with Crippen molar-refractivity contribution >= 4 is 39.0 Å². The summed E-state index contributed by atoms with van der Waals surface area (Å²) in [5, 5.41) is 12.9. The third kappa shape index (κ3) is 5.31. The largest absolute Gasteiger partial charge is 0.478 e. The maximum absolute atomic E-state index is 13.1. The summed E-state index contributed by atoms with van der Waals surface area (Å²) in [6.07, 6.45) is 3.78. The Balaban J connectivity index is 1.83. The number of carbonyl (C=O) groups is 1. The predicted octanol–water partition coefficient (Wildman–Crippen LogP) is 4.30. The number of halogens is 1. The molecule has 1 saturated heterocycles. The van der Waals surface area contributed by atoms with Gasteiger partial charge < -0.3 is 15.3 Å². The number of likely N-dealkylation sites (tertiary alicyclic amines) is 1. The highest BCUT2D eigenvalue weighted by Gasteiger charge is 2.25. The van der Waals surface area contributed by atoms with Gasteiger partial charge in [-0.2, -0.15) is 0 Å². The van der Waals surface area contributed by atoms with Gasteiger partial charge in [-0.3, -0.25) is 4.72 Å². The molecule has 0 bridgehead atoms. The van der Waals surface area contributed by atoms with Crippen molar-refractivity contribution in [2.75, 3.05) is 30.2 Å². The molecule has 3 rings (SSSR count). The summed E-state index contributed by atoms with van der Waals surface area (Å²) in [6, 6.07) is 10.2. The van der Waals surface area contributed by atoms with E-state index in [2.05, 4.69) is 22.0 Å². The third-order valence-electron chi connectivity index (χ3n) is 5.70. The standard InChI is InChI=1S/C22H28ClN3O4S/c1-3-15-10-11-18(20(21(15)23)22(27)28)25-31(29,30)19-9-5-4-8-17(19)24-13-12-16-7-6-14-26(16)2/h4-5,8-11,16,24-25H,3,6-7,12-14H2,1-2H3,(H,27,28). The van der Waals surface area contributed by atoms with Gasteiger partial charge in [-0.25, -0.2) is 13.2 Å². The molecule has 1 unspecified atom stereocenters. The van der Waals surface area contributed by atoms with E-state index >= 15 is 0 Å². The number of benzene rings is 2. The molecule has 2 aromatic rings. The number of anilines is 2. The van der Waals surface area contributed by atoms with E-state index in [-0.39, 0.29) is 21.2 Å². The number of aryl methyl sites for hydroxylation is 1. The van der Waals surface area contributed by atoms with Crippen LogP contribution in [0.3, 0.4) is 0 Å². The average molecular weight is 466 g/mol. The molecule has 1 fully saturated rings. The number of hydrogen-bond donors (Lipinski definition) is 3. The maximum Gasteiger partial charge on any atom is 0.339 e. The van der Waals surface area contributed by atoms with Gasteiger partial charge in [0.25, 0.3) is 10.0 Å². The number of nitrogens with zero attached hydrogens (tertiary/aromatic N) is 1. The summed E-state index contributed by atoms with van der Waals surface area (Å²) >= 11 is 6.23. The van der Waals surface area contributed by atoms with Crippen molar-refractivity contribution in [1.29, 1.82) is 0 Å². The summed E-state index contributed by atoms with van der Waals surface area (Å²) in [7, 11) is -1.94. The lowest BCUT2D eigenvalue weighted by Crippen LogP contribution is -2.27. The third-order valence-corrected chi connectivity index (χ3v) is 7.56. The second-order valence-corrected chi connectivity index (χ2v) is 9.74. The van der Waals surface area contributed by atoms with E-state index in [1.165, 1.54) is 18.6 Å². The highest BCUT2D eigenvalue weighted by atomic mass is 35.5. The fourth-order valence-electron chi connectivity index (χ4n) is 3.95. The molecule has 3 N–H and O–H groups in total. The summed E-state index contributed by atoms with van der Waals surface area (Å²) in [5.74, 6) is -1.29. The van der Waals surface area contributed by atoms with Gasteiger partial charge in [0.05, 0.1) is 16.4 Å². The highest BCUT2D eigenvalue weighted by molar-refractivity contribution is 7.92. The number of rotatable bonds is 9. The van der Waals surface area contributed by atoms with Gasteiger partial charge >= 0.3 is 5.97 Å². The van der Waals surface area contributed by atoms with Gasteiger partial charge in [0.1, 0.15) is 10.5 Å². The monoisotopic (exact) mass is 465 g/mol. The normalized spacial score (nSPS) is 16.9. The van der Waals surface area contributed by atoms with Crippen LogP contribution in [0.25, 0.3) is 0 Å². The molecular formula is C22H28ClN3O4S. The van der Waals surface area contributed by atoms with Crippen molar-refractivity contribution < 1.29 is 18.3 Å². The maximum atomic E-state index is 13.1. The summed E-state index contributed by atoms with van der Waals surface area (Å²) in [4.78, 5) is 14.1. The van der Waals surface area contributed by atoms with Crippen LogP contribution in [0.5, 0.6) is 0 Å². The molecule has 168 valence electrons. The number of aromatic carboxylic acids is 1. The first kappa shape index (κ1) is 23.4. The average Bonchev–Trinajstić information content (AvgIpc) is 3.13. The fraction of sp³-hybridized carbons (Fsp3) is 0.409. The quantitative estimate of drug-likeness (QED) is 0.510. The molecule has 31 heavy (non-hydrogen) atoms. The smallest absolute Gasteiger partial charge is 0.339 e. The SMILES string of the molecule is CCc1ccc(NS(=O)(=O)c2ccccc2NCCC2CCCN2C)c(C(=O)O)c1Cl. The summed E-state index contributed by atoms with van der Waals surface area (Å²) in [6.45, 7) is 3.58. The number of carboxylic acids is 1. The highest BCUT2D eigenvalue weighted by Crippen LogP contribution is 2.31. The van der Waals surface area contributed by atoms with Crippen LogP contribution in [0, 0.1) is 0 Å². The Hall–Kier alpha value is -2.29. The predicted molar refractivity (Wildman–Crippen MR) is 124 cm³/mol. The molecule has 0 radical (unpaired) electrons. The van der Waals surface area contributed by atoms with E-state index < -0.39 is 16.0 Å². The van der Waals surface area contributed by atoms with Gasteiger partial charge in [0.2, 0.25) is 0 Å². The van der Waals surface area contributed by atoms with Crippen molar-refractivity contribution in [3.05, 3.63) is 52.5 Å². The molecule has 0 aliphatic carbocycles. The molecule has 1 aliphatic heterocycles. The molecule has 7 nitrogen and oxygen atoms in total. The molecule has 0 aromatic heterocycles. The van der Waals surface area contributed by atoms with Crippen LogP contribution >= 0.6 is 11.6 Å². The second-order valence-electron chi connectivity index (χ2n) is 7.71. The van der Waals surface area contributed by atoms with Gasteiger partial charge in [-0.15, -0.1) is 0 Å². The van der Waals surface area contributed by atoms with Crippen LogP contribution in [-0.2, 0) is 16.4 Å². The zero-order valence-corrected chi connectivity index (χ0v) is 19.3. The van der Waals surface area contributed by atoms with Crippen molar-refractivity contribution in [3.8, 4) is 0 Å². The van der Waals surface area contributed by atoms with E-state index in [0.717, 1.165) is 19.4 Å². The molecule has 0 saturated carbocycles. The van der Waals surface area contributed by atoms with Crippen LogP contribution in [-0.4, -0.2) is 50.6 Å². The first-order valence-corrected chi connectivity index (χ1v) is 12.2. The van der Waals surface area contributed by atoms with Crippen LogP contribution in [0.1, 0.15) is 42.1 Å². The zero-order valence-electron chi connectivity index (χ0n) is 17.7. The minimum atomic E-state index is -4.04. The molecule has 0 amide bonds. The number of para-hydroxylation sites is 1. The van der Waals surface area contributed by atoms with Crippen molar-refractivity contribution in [3.63, 3.8) is 0 Å². The molecule has 9 heteroatoms. The Morgan fingerprint density at radius 2 is 1.97 bits per heavy atom. The fourth-order valence-corrected chi connectivity index (χ4v) is 5.59. The van der Waals surface area contributed by atoms with Gasteiger partial charge in [-0.05, 0) is 63.0 Å². The van der Waals surface area contributed by atoms with E-state index in [0.29, 0.717) is 30.3 Å². The van der Waals surface area contributed by atoms with E-state index in [1.54, 1.807) is 24.3 Å².